The van der Waals surface area contributed by atoms with E-state index in [-0.39, 0.29) is 5.54 Å². The molecule has 3 heteroatoms. The molecule has 0 radical (unpaired) electrons. The zero-order valence-electron chi connectivity index (χ0n) is 8.18. The van der Waals surface area contributed by atoms with E-state index in [0.29, 0.717) is 0 Å². The minimum atomic E-state index is -0.0686. The summed E-state index contributed by atoms with van der Waals surface area (Å²) in [5, 5.41) is 2.04. The van der Waals surface area contributed by atoms with Crippen molar-refractivity contribution in [2.45, 2.75) is 38.6 Å². The zero-order valence-corrected chi connectivity index (χ0v) is 8.18. The molecule has 0 spiro atoms. The Morgan fingerprint density at radius 1 is 1.42 bits per heavy atom. The van der Waals surface area contributed by atoms with E-state index in [1.807, 2.05) is 5.06 Å². The van der Waals surface area contributed by atoms with Gasteiger partial charge in [-0.05, 0) is 33.1 Å². The molecule has 0 aromatic carbocycles. The number of nitrogens with zero attached hydrogens (tertiary/aromatic N) is 1. The summed E-state index contributed by atoms with van der Waals surface area (Å²) in [6.07, 6.45) is 3.44. The second kappa shape index (κ2) is 4.21. The van der Waals surface area contributed by atoms with E-state index in [2.05, 4.69) is 13.8 Å². The van der Waals surface area contributed by atoms with E-state index in [4.69, 9.17) is 10.6 Å². The third kappa shape index (κ3) is 4.04. The predicted octanol–water partition coefficient (Wildman–Crippen LogP) is 1.14. The molecule has 2 N–H and O–H groups in total. The fraction of sp³-hybridized carbons (Fsp3) is 1.00. The van der Waals surface area contributed by atoms with Gasteiger partial charge in [-0.25, -0.2) is 0 Å². The molecular weight excluding hydrogens is 152 g/mol. The van der Waals surface area contributed by atoms with E-state index < -0.39 is 0 Å². The highest BCUT2D eigenvalue weighted by atomic mass is 16.7. The van der Waals surface area contributed by atoms with Crippen molar-refractivity contribution in [2.24, 2.45) is 5.73 Å². The van der Waals surface area contributed by atoms with Crippen molar-refractivity contribution in [1.82, 2.24) is 5.06 Å². The third-order valence-corrected chi connectivity index (χ3v) is 2.08. The molecule has 1 aliphatic heterocycles. The zero-order chi connectivity index (χ0) is 9.03. The standard InChI is InChI=1S/C9H20N2O/c1-9(2,10)5-7-11-6-3-4-8-12-11/h3-8,10H2,1-2H3. The normalized spacial score (nSPS) is 21.2. The molecule has 1 saturated heterocycles. The van der Waals surface area contributed by atoms with Crippen LogP contribution in [0.25, 0.3) is 0 Å². The molecule has 0 aliphatic carbocycles. The van der Waals surface area contributed by atoms with E-state index in [1.54, 1.807) is 0 Å². The van der Waals surface area contributed by atoms with E-state index in [1.165, 1.54) is 12.8 Å². The Hall–Kier alpha value is -0.120. The van der Waals surface area contributed by atoms with Gasteiger partial charge in [-0.15, -0.1) is 0 Å². The summed E-state index contributed by atoms with van der Waals surface area (Å²) < 4.78 is 0. The average Bonchev–Trinajstić information content (AvgIpc) is 2.02. The molecule has 0 aromatic rings. The predicted molar refractivity (Wildman–Crippen MR) is 49.6 cm³/mol. The SMILES string of the molecule is CC(C)(N)CCN1CCCCO1. The largest absolute Gasteiger partial charge is 0.326 e. The van der Waals surface area contributed by atoms with E-state index in [9.17, 15) is 0 Å². The third-order valence-electron chi connectivity index (χ3n) is 2.08. The lowest BCUT2D eigenvalue weighted by Gasteiger charge is -2.28. The van der Waals surface area contributed by atoms with Gasteiger partial charge in [-0.2, -0.15) is 5.06 Å². The van der Waals surface area contributed by atoms with Crippen molar-refractivity contribution in [3.05, 3.63) is 0 Å². The Bertz CT molecular complexity index is 125. The summed E-state index contributed by atoms with van der Waals surface area (Å²) in [6.45, 7) is 7.01. The second-order valence-corrected chi connectivity index (χ2v) is 4.21. The molecule has 72 valence electrons. The summed E-state index contributed by atoms with van der Waals surface area (Å²) in [4.78, 5) is 5.45. The Morgan fingerprint density at radius 2 is 2.17 bits per heavy atom. The van der Waals surface area contributed by atoms with Crippen LogP contribution in [0.5, 0.6) is 0 Å². The summed E-state index contributed by atoms with van der Waals surface area (Å²) in [5.74, 6) is 0. The average molecular weight is 172 g/mol. The molecule has 1 fully saturated rings. The maximum Gasteiger partial charge on any atom is 0.0685 e. The van der Waals surface area contributed by atoms with Gasteiger partial charge in [0, 0.05) is 18.6 Å². The smallest absolute Gasteiger partial charge is 0.0685 e. The first-order chi connectivity index (χ1) is 5.58. The van der Waals surface area contributed by atoms with Crippen LogP contribution in [0.4, 0.5) is 0 Å². The van der Waals surface area contributed by atoms with Crippen molar-refractivity contribution in [2.75, 3.05) is 19.7 Å². The number of rotatable bonds is 3. The minimum absolute atomic E-state index is 0.0686. The number of hydrogen-bond acceptors (Lipinski definition) is 3. The van der Waals surface area contributed by atoms with Crippen molar-refractivity contribution >= 4 is 0 Å². The first-order valence-corrected chi connectivity index (χ1v) is 4.75. The van der Waals surface area contributed by atoms with Crippen LogP contribution in [0.1, 0.15) is 33.1 Å². The van der Waals surface area contributed by atoms with Gasteiger partial charge in [-0.1, -0.05) is 0 Å². The van der Waals surface area contributed by atoms with Crippen LogP contribution in [0, 0.1) is 0 Å². The molecule has 1 heterocycles. The van der Waals surface area contributed by atoms with Gasteiger partial charge in [0.2, 0.25) is 0 Å². The van der Waals surface area contributed by atoms with Gasteiger partial charge < -0.3 is 5.73 Å². The van der Waals surface area contributed by atoms with Crippen LogP contribution in [-0.2, 0) is 4.84 Å². The van der Waals surface area contributed by atoms with Gasteiger partial charge in [0.25, 0.3) is 0 Å². The van der Waals surface area contributed by atoms with Gasteiger partial charge >= 0.3 is 0 Å². The van der Waals surface area contributed by atoms with Crippen molar-refractivity contribution in [3.63, 3.8) is 0 Å². The van der Waals surface area contributed by atoms with Crippen LogP contribution in [0.15, 0.2) is 0 Å². The summed E-state index contributed by atoms with van der Waals surface area (Å²) >= 11 is 0. The Balaban J connectivity index is 2.13. The first-order valence-electron chi connectivity index (χ1n) is 4.75. The van der Waals surface area contributed by atoms with Crippen LogP contribution in [-0.4, -0.2) is 30.3 Å². The van der Waals surface area contributed by atoms with Crippen molar-refractivity contribution in [1.29, 1.82) is 0 Å². The topological polar surface area (TPSA) is 38.5 Å². The highest BCUT2D eigenvalue weighted by Crippen LogP contribution is 2.10. The molecular formula is C9H20N2O. The first kappa shape index (κ1) is 9.96. The fourth-order valence-corrected chi connectivity index (χ4v) is 1.24. The van der Waals surface area contributed by atoms with Crippen molar-refractivity contribution < 1.29 is 4.84 Å². The molecule has 0 atom stereocenters. The van der Waals surface area contributed by atoms with Crippen LogP contribution in [0.3, 0.4) is 0 Å². The Kier molecular flexibility index (Phi) is 3.50. The van der Waals surface area contributed by atoms with Gasteiger partial charge in [0.15, 0.2) is 0 Å². The van der Waals surface area contributed by atoms with Crippen molar-refractivity contribution in [3.8, 4) is 0 Å². The second-order valence-electron chi connectivity index (χ2n) is 4.21. The molecule has 0 unspecified atom stereocenters. The molecule has 1 aliphatic rings. The molecule has 12 heavy (non-hydrogen) atoms. The number of nitrogens with two attached hydrogens (primary N) is 1. The quantitative estimate of drug-likeness (QED) is 0.694. The highest BCUT2D eigenvalue weighted by molar-refractivity contribution is 4.72. The maximum atomic E-state index is 5.87. The van der Waals surface area contributed by atoms with Crippen LogP contribution >= 0.6 is 0 Å². The maximum absolute atomic E-state index is 5.87. The van der Waals surface area contributed by atoms with E-state index >= 15 is 0 Å². The minimum Gasteiger partial charge on any atom is -0.326 e. The lowest BCUT2D eigenvalue weighted by molar-refractivity contribution is -0.182. The molecule has 3 nitrogen and oxygen atoms in total. The fourth-order valence-electron chi connectivity index (χ4n) is 1.24. The molecule has 0 bridgehead atoms. The lowest BCUT2D eigenvalue weighted by atomic mass is 10.0. The summed E-state index contributed by atoms with van der Waals surface area (Å²) in [6, 6.07) is 0. The monoisotopic (exact) mass is 172 g/mol. The number of hydrogen-bond donors (Lipinski definition) is 1. The van der Waals surface area contributed by atoms with Gasteiger partial charge in [-0.3, -0.25) is 4.84 Å². The Morgan fingerprint density at radius 3 is 2.67 bits per heavy atom. The number of hydroxylamine groups is 2. The van der Waals surface area contributed by atoms with E-state index in [0.717, 1.165) is 26.1 Å². The molecule has 0 amide bonds. The molecule has 0 aromatic heterocycles. The highest BCUT2D eigenvalue weighted by Gasteiger charge is 2.15. The van der Waals surface area contributed by atoms with Crippen LogP contribution in [0.2, 0.25) is 0 Å². The van der Waals surface area contributed by atoms with Gasteiger partial charge in [0.1, 0.15) is 0 Å². The van der Waals surface area contributed by atoms with Crippen LogP contribution < -0.4 is 5.73 Å². The molecule has 1 rings (SSSR count). The van der Waals surface area contributed by atoms with Gasteiger partial charge in [0.05, 0.1) is 6.61 Å². The summed E-state index contributed by atoms with van der Waals surface area (Å²) in [7, 11) is 0. The Labute approximate surface area is 74.8 Å². The lowest BCUT2D eigenvalue weighted by Crippen LogP contribution is -2.39. The summed E-state index contributed by atoms with van der Waals surface area (Å²) in [5.41, 5.74) is 5.80. The molecule has 0 saturated carbocycles.